The van der Waals surface area contributed by atoms with Gasteiger partial charge in [0, 0.05) is 23.9 Å². The van der Waals surface area contributed by atoms with Crippen molar-refractivity contribution >= 4 is 5.78 Å². The molecule has 1 rings (SSSR count). The Labute approximate surface area is 92.3 Å². The Morgan fingerprint density at radius 3 is 2.33 bits per heavy atom. The van der Waals surface area contributed by atoms with E-state index < -0.39 is 0 Å². The number of Topliss-reactive ketones (excluding diaryl/α,β-unsaturated/α-hetero) is 1. The third-order valence-corrected chi connectivity index (χ3v) is 3.05. The van der Waals surface area contributed by atoms with E-state index in [2.05, 4.69) is 19.2 Å². The fourth-order valence-corrected chi connectivity index (χ4v) is 2.33. The number of aliphatic hydroxyl groups is 1. The quantitative estimate of drug-likeness (QED) is 0.741. The van der Waals surface area contributed by atoms with Crippen molar-refractivity contribution in [3.05, 3.63) is 0 Å². The highest BCUT2D eigenvalue weighted by molar-refractivity contribution is 5.83. The average Bonchev–Trinajstić information content (AvgIpc) is 2.45. The third-order valence-electron chi connectivity index (χ3n) is 3.05. The average molecular weight is 213 g/mol. The van der Waals surface area contributed by atoms with Gasteiger partial charge in [0.1, 0.15) is 5.78 Å². The van der Waals surface area contributed by atoms with Gasteiger partial charge in [0.25, 0.3) is 0 Å². The van der Waals surface area contributed by atoms with Gasteiger partial charge in [-0.1, -0.05) is 27.7 Å². The number of rotatable bonds is 4. The van der Waals surface area contributed by atoms with E-state index >= 15 is 0 Å². The van der Waals surface area contributed by atoms with E-state index in [-0.39, 0.29) is 24.0 Å². The van der Waals surface area contributed by atoms with Gasteiger partial charge in [-0.05, 0) is 12.8 Å². The lowest BCUT2D eigenvalue weighted by Crippen LogP contribution is -2.39. The van der Waals surface area contributed by atoms with E-state index in [1.807, 2.05) is 13.8 Å². The first kappa shape index (κ1) is 12.7. The molecule has 1 aliphatic rings. The Morgan fingerprint density at radius 2 is 1.87 bits per heavy atom. The number of carbonyl (C=O) groups is 1. The molecule has 1 aliphatic carbocycles. The zero-order valence-electron chi connectivity index (χ0n) is 10.2. The van der Waals surface area contributed by atoms with Crippen molar-refractivity contribution in [1.82, 2.24) is 5.32 Å². The molecule has 3 nitrogen and oxygen atoms in total. The van der Waals surface area contributed by atoms with Crippen LogP contribution in [0.25, 0.3) is 0 Å². The van der Waals surface area contributed by atoms with Gasteiger partial charge in [-0.15, -0.1) is 0 Å². The second kappa shape index (κ2) is 5.08. The Morgan fingerprint density at radius 1 is 1.27 bits per heavy atom. The maximum atomic E-state index is 11.8. The minimum atomic E-state index is -0.361. The smallest absolute Gasteiger partial charge is 0.138 e. The minimum absolute atomic E-state index is 0.0521. The van der Waals surface area contributed by atoms with Gasteiger partial charge in [0.05, 0.1) is 6.10 Å². The van der Waals surface area contributed by atoms with E-state index in [1.54, 1.807) is 0 Å². The van der Waals surface area contributed by atoms with Gasteiger partial charge in [0.15, 0.2) is 0 Å². The summed E-state index contributed by atoms with van der Waals surface area (Å²) in [5, 5.41) is 13.1. The Kier molecular flexibility index (Phi) is 4.29. The van der Waals surface area contributed by atoms with E-state index in [4.69, 9.17) is 0 Å². The predicted molar refractivity (Wildman–Crippen MR) is 60.6 cm³/mol. The van der Waals surface area contributed by atoms with Crippen LogP contribution in [0.15, 0.2) is 0 Å². The van der Waals surface area contributed by atoms with Crippen molar-refractivity contribution in [2.24, 2.45) is 11.8 Å². The van der Waals surface area contributed by atoms with Crippen molar-refractivity contribution < 1.29 is 9.90 Å². The molecule has 0 aromatic heterocycles. The maximum absolute atomic E-state index is 11.8. The first-order valence-electron chi connectivity index (χ1n) is 5.89. The van der Waals surface area contributed by atoms with Crippen LogP contribution in [0.5, 0.6) is 0 Å². The standard InChI is InChI=1S/C12H23NO2/c1-7(2)12(15)9-5-10(11(14)6-9)13-8(3)4/h7-11,13-14H,5-6H2,1-4H3/t9-,10+,11+/m1/s1. The van der Waals surface area contributed by atoms with Gasteiger partial charge in [-0.3, -0.25) is 4.79 Å². The fraction of sp³-hybridized carbons (Fsp3) is 0.917. The van der Waals surface area contributed by atoms with Crippen LogP contribution in [0.1, 0.15) is 40.5 Å². The molecule has 0 radical (unpaired) electrons. The molecule has 0 heterocycles. The highest BCUT2D eigenvalue weighted by atomic mass is 16.3. The molecule has 0 saturated heterocycles. The largest absolute Gasteiger partial charge is 0.391 e. The summed E-state index contributed by atoms with van der Waals surface area (Å²) < 4.78 is 0. The number of ketones is 1. The molecule has 0 aromatic rings. The fourth-order valence-electron chi connectivity index (χ4n) is 2.33. The molecular formula is C12H23NO2. The lowest BCUT2D eigenvalue weighted by Gasteiger charge is -2.19. The number of aliphatic hydroxyl groups excluding tert-OH is 1. The summed E-state index contributed by atoms with van der Waals surface area (Å²) in [5.41, 5.74) is 0. The van der Waals surface area contributed by atoms with Crippen LogP contribution in [0, 0.1) is 11.8 Å². The van der Waals surface area contributed by atoms with Crippen molar-refractivity contribution in [3.8, 4) is 0 Å². The molecule has 0 amide bonds. The topological polar surface area (TPSA) is 49.3 Å². The molecule has 88 valence electrons. The Bertz CT molecular complexity index is 226. The SMILES string of the molecule is CC(C)N[C@H]1C[C@@H](C(=O)C(C)C)C[C@@H]1O. The molecule has 0 bridgehead atoms. The summed E-state index contributed by atoms with van der Waals surface area (Å²) in [6.45, 7) is 7.98. The number of hydrogen-bond donors (Lipinski definition) is 2. The number of nitrogens with one attached hydrogen (secondary N) is 1. The third kappa shape index (κ3) is 3.28. The predicted octanol–water partition coefficient (Wildman–Crippen LogP) is 1.35. The van der Waals surface area contributed by atoms with Crippen molar-refractivity contribution in [3.63, 3.8) is 0 Å². The van der Waals surface area contributed by atoms with Crippen LogP contribution < -0.4 is 5.32 Å². The van der Waals surface area contributed by atoms with E-state index in [0.29, 0.717) is 18.2 Å². The van der Waals surface area contributed by atoms with Crippen LogP contribution in [0.4, 0.5) is 0 Å². The van der Waals surface area contributed by atoms with Crippen molar-refractivity contribution in [1.29, 1.82) is 0 Å². The van der Waals surface area contributed by atoms with Crippen LogP contribution in [-0.4, -0.2) is 29.1 Å². The van der Waals surface area contributed by atoms with Gasteiger partial charge in [0.2, 0.25) is 0 Å². The molecule has 1 fully saturated rings. The van der Waals surface area contributed by atoms with Gasteiger partial charge >= 0.3 is 0 Å². The Hall–Kier alpha value is -0.410. The molecule has 15 heavy (non-hydrogen) atoms. The molecule has 2 N–H and O–H groups in total. The summed E-state index contributed by atoms with van der Waals surface area (Å²) in [6, 6.07) is 0.454. The van der Waals surface area contributed by atoms with E-state index in [9.17, 15) is 9.90 Å². The summed E-state index contributed by atoms with van der Waals surface area (Å²) in [7, 11) is 0. The Balaban J connectivity index is 2.51. The van der Waals surface area contributed by atoms with Gasteiger partial charge < -0.3 is 10.4 Å². The lowest BCUT2D eigenvalue weighted by atomic mass is 9.94. The van der Waals surface area contributed by atoms with Gasteiger partial charge in [-0.2, -0.15) is 0 Å². The molecule has 0 unspecified atom stereocenters. The van der Waals surface area contributed by atoms with Crippen molar-refractivity contribution in [2.45, 2.75) is 58.7 Å². The molecule has 0 spiro atoms. The van der Waals surface area contributed by atoms with Gasteiger partial charge in [-0.25, -0.2) is 0 Å². The van der Waals surface area contributed by atoms with Crippen LogP contribution in [-0.2, 0) is 4.79 Å². The lowest BCUT2D eigenvalue weighted by molar-refractivity contribution is -0.125. The first-order valence-corrected chi connectivity index (χ1v) is 5.89. The maximum Gasteiger partial charge on any atom is 0.138 e. The highest BCUT2D eigenvalue weighted by Crippen LogP contribution is 2.29. The first-order chi connectivity index (χ1) is 6.91. The molecule has 3 heteroatoms. The van der Waals surface area contributed by atoms with Crippen molar-refractivity contribution in [2.75, 3.05) is 0 Å². The highest BCUT2D eigenvalue weighted by Gasteiger charge is 2.37. The van der Waals surface area contributed by atoms with Crippen LogP contribution in [0.2, 0.25) is 0 Å². The zero-order chi connectivity index (χ0) is 11.6. The van der Waals surface area contributed by atoms with Crippen LogP contribution in [0.3, 0.4) is 0 Å². The van der Waals surface area contributed by atoms with E-state index in [1.165, 1.54) is 0 Å². The zero-order valence-corrected chi connectivity index (χ0v) is 10.2. The summed E-state index contributed by atoms with van der Waals surface area (Å²) in [4.78, 5) is 11.8. The molecular weight excluding hydrogens is 190 g/mol. The molecule has 0 aromatic carbocycles. The summed E-state index contributed by atoms with van der Waals surface area (Å²) >= 11 is 0. The number of hydrogen-bond acceptors (Lipinski definition) is 3. The second-order valence-corrected chi connectivity index (χ2v) is 5.22. The normalized spacial score (nSPS) is 31.5. The molecule has 3 atom stereocenters. The number of carbonyl (C=O) groups excluding carboxylic acids is 1. The second-order valence-electron chi connectivity index (χ2n) is 5.22. The van der Waals surface area contributed by atoms with Crippen LogP contribution >= 0.6 is 0 Å². The monoisotopic (exact) mass is 213 g/mol. The summed E-state index contributed by atoms with van der Waals surface area (Å²) in [5.74, 6) is 0.429. The minimum Gasteiger partial charge on any atom is -0.391 e. The molecule has 1 saturated carbocycles. The molecule has 0 aliphatic heterocycles. The summed E-state index contributed by atoms with van der Waals surface area (Å²) in [6.07, 6.45) is 1.05. The van der Waals surface area contributed by atoms with E-state index in [0.717, 1.165) is 6.42 Å².